The first-order chi connectivity index (χ1) is 14.7. The Bertz CT molecular complexity index is 965. The zero-order valence-electron chi connectivity index (χ0n) is 17.4. The monoisotopic (exact) mass is 403 g/mol. The highest BCUT2D eigenvalue weighted by molar-refractivity contribution is 5.96. The number of amides is 1. The molecule has 2 aromatic rings. The van der Waals surface area contributed by atoms with Gasteiger partial charge in [0.1, 0.15) is 0 Å². The first-order valence-corrected chi connectivity index (χ1v) is 11.1. The number of aliphatic imine (C=N–C) groups is 1. The Morgan fingerprint density at radius 2 is 2.00 bits per heavy atom. The number of guanidine groups is 1. The van der Waals surface area contributed by atoms with E-state index in [0.717, 1.165) is 46.9 Å². The first kappa shape index (κ1) is 19.1. The van der Waals surface area contributed by atoms with Crippen LogP contribution in [-0.4, -0.2) is 36.0 Å². The Morgan fingerprint density at radius 3 is 2.67 bits per heavy atom. The molecule has 5 rings (SSSR count). The SMILES string of the molecule is Cc1ccncc1-c1cc(CNC2=NCCN2)cc(C(=O)NC(C2CC2)C2CC2)c1. The molecule has 2 fully saturated rings. The van der Waals surface area contributed by atoms with E-state index in [1.54, 1.807) is 6.20 Å². The number of pyridine rings is 1. The summed E-state index contributed by atoms with van der Waals surface area (Å²) in [6, 6.07) is 8.50. The van der Waals surface area contributed by atoms with Gasteiger partial charge in [-0.2, -0.15) is 0 Å². The molecule has 1 aliphatic heterocycles. The van der Waals surface area contributed by atoms with Crippen molar-refractivity contribution in [3.8, 4) is 11.1 Å². The standard InChI is InChI=1S/C24H29N5O/c1-15-6-7-25-14-21(15)19-10-16(13-28-24-26-8-9-27-24)11-20(12-19)23(30)29-22(17-2-3-17)18-4-5-18/h6-7,10-12,14,17-18,22H,2-5,8-9,13H2,1H3,(H,29,30)(H2,26,27,28). The van der Waals surface area contributed by atoms with Gasteiger partial charge in [-0.25, -0.2) is 0 Å². The summed E-state index contributed by atoms with van der Waals surface area (Å²) in [5, 5.41) is 9.94. The summed E-state index contributed by atoms with van der Waals surface area (Å²) >= 11 is 0. The second-order valence-corrected chi connectivity index (χ2v) is 8.79. The van der Waals surface area contributed by atoms with Crippen molar-refractivity contribution >= 4 is 11.9 Å². The average molecular weight is 404 g/mol. The predicted octanol–water partition coefficient (Wildman–Crippen LogP) is 3.02. The molecule has 1 amide bonds. The third-order valence-electron chi connectivity index (χ3n) is 6.30. The van der Waals surface area contributed by atoms with E-state index >= 15 is 0 Å². The zero-order valence-corrected chi connectivity index (χ0v) is 17.4. The van der Waals surface area contributed by atoms with Gasteiger partial charge in [-0.15, -0.1) is 0 Å². The van der Waals surface area contributed by atoms with Gasteiger partial charge >= 0.3 is 0 Å². The molecule has 0 bridgehead atoms. The average Bonchev–Trinajstić information content (AvgIpc) is 3.70. The van der Waals surface area contributed by atoms with E-state index in [1.807, 2.05) is 24.4 Å². The molecule has 1 aromatic carbocycles. The number of benzene rings is 1. The molecule has 0 unspecified atom stereocenters. The number of nitrogens with zero attached hydrogens (tertiary/aromatic N) is 2. The van der Waals surface area contributed by atoms with E-state index in [1.165, 1.54) is 25.7 Å². The van der Waals surface area contributed by atoms with E-state index in [2.05, 4.69) is 38.9 Å². The van der Waals surface area contributed by atoms with Crippen molar-refractivity contribution in [3.63, 3.8) is 0 Å². The number of carbonyl (C=O) groups excluding carboxylic acids is 1. The molecule has 0 spiro atoms. The van der Waals surface area contributed by atoms with Crippen LogP contribution in [0.15, 0.2) is 41.7 Å². The van der Waals surface area contributed by atoms with Gasteiger partial charge in [0.2, 0.25) is 0 Å². The molecule has 3 N–H and O–H groups in total. The quantitative estimate of drug-likeness (QED) is 0.664. The molecular formula is C24H29N5O. The van der Waals surface area contributed by atoms with E-state index in [4.69, 9.17) is 0 Å². The lowest BCUT2D eigenvalue weighted by molar-refractivity contribution is 0.0926. The molecular weight excluding hydrogens is 374 g/mol. The lowest BCUT2D eigenvalue weighted by Gasteiger charge is -2.19. The van der Waals surface area contributed by atoms with Gasteiger partial charge in [0.05, 0.1) is 6.54 Å². The number of nitrogens with one attached hydrogen (secondary N) is 3. The second-order valence-electron chi connectivity index (χ2n) is 8.79. The highest BCUT2D eigenvalue weighted by Crippen LogP contribution is 2.44. The van der Waals surface area contributed by atoms with E-state index in [0.29, 0.717) is 24.4 Å². The predicted molar refractivity (Wildman–Crippen MR) is 118 cm³/mol. The number of aryl methyl sites for hydroxylation is 1. The molecule has 0 radical (unpaired) electrons. The number of carbonyl (C=O) groups is 1. The summed E-state index contributed by atoms with van der Waals surface area (Å²) in [5.74, 6) is 2.22. The maximum Gasteiger partial charge on any atom is 0.251 e. The molecule has 2 saturated carbocycles. The van der Waals surface area contributed by atoms with Crippen LogP contribution in [0.1, 0.15) is 47.2 Å². The fourth-order valence-electron chi connectivity index (χ4n) is 4.31. The molecule has 156 valence electrons. The largest absolute Gasteiger partial charge is 0.355 e. The van der Waals surface area contributed by atoms with Gasteiger partial charge in [0.15, 0.2) is 5.96 Å². The number of hydrogen-bond donors (Lipinski definition) is 3. The van der Waals surface area contributed by atoms with E-state index < -0.39 is 0 Å². The van der Waals surface area contributed by atoms with Crippen LogP contribution in [-0.2, 0) is 6.54 Å². The Balaban J connectivity index is 1.42. The number of hydrogen-bond acceptors (Lipinski definition) is 5. The first-order valence-electron chi connectivity index (χ1n) is 11.1. The second kappa shape index (κ2) is 8.09. The molecule has 0 saturated heterocycles. The van der Waals surface area contributed by atoms with Gasteiger partial charge in [0, 0.05) is 42.7 Å². The smallest absolute Gasteiger partial charge is 0.251 e. The highest BCUT2D eigenvalue weighted by Gasteiger charge is 2.42. The topological polar surface area (TPSA) is 78.4 Å². The lowest BCUT2D eigenvalue weighted by atomic mass is 9.97. The maximum absolute atomic E-state index is 13.2. The fourth-order valence-corrected chi connectivity index (χ4v) is 4.31. The summed E-state index contributed by atoms with van der Waals surface area (Å²) in [6.45, 7) is 4.37. The molecule has 30 heavy (non-hydrogen) atoms. The van der Waals surface area contributed by atoms with Crippen LogP contribution in [0, 0.1) is 18.8 Å². The van der Waals surface area contributed by atoms with Crippen LogP contribution in [0.5, 0.6) is 0 Å². The lowest BCUT2D eigenvalue weighted by Crippen LogP contribution is -2.38. The molecule has 6 heteroatoms. The van der Waals surface area contributed by atoms with Crippen LogP contribution < -0.4 is 16.0 Å². The maximum atomic E-state index is 13.2. The minimum atomic E-state index is 0.0415. The molecule has 2 heterocycles. The summed E-state index contributed by atoms with van der Waals surface area (Å²) in [4.78, 5) is 21.9. The van der Waals surface area contributed by atoms with Crippen LogP contribution in [0.4, 0.5) is 0 Å². The third-order valence-corrected chi connectivity index (χ3v) is 6.30. The van der Waals surface area contributed by atoms with Crippen molar-refractivity contribution in [3.05, 3.63) is 53.3 Å². The van der Waals surface area contributed by atoms with Gasteiger partial charge in [-0.3, -0.25) is 14.8 Å². The molecule has 1 aromatic heterocycles. The Hall–Kier alpha value is -2.89. The number of rotatable bonds is 7. The Kier molecular flexibility index (Phi) is 5.15. The van der Waals surface area contributed by atoms with Crippen molar-refractivity contribution in [1.82, 2.24) is 20.9 Å². The van der Waals surface area contributed by atoms with Crippen molar-refractivity contribution in [2.24, 2.45) is 16.8 Å². The summed E-state index contributed by atoms with van der Waals surface area (Å²) < 4.78 is 0. The van der Waals surface area contributed by atoms with Gasteiger partial charge in [-0.05, 0) is 85.4 Å². The fraction of sp³-hybridized carbons (Fsp3) is 0.458. The van der Waals surface area contributed by atoms with Crippen molar-refractivity contribution in [2.75, 3.05) is 13.1 Å². The minimum Gasteiger partial charge on any atom is -0.355 e. The zero-order chi connectivity index (χ0) is 20.5. The van der Waals surface area contributed by atoms with Gasteiger partial charge in [0.25, 0.3) is 5.91 Å². The van der Waals surface area contributed by atoms with Crippen LogP contribution in [0.25, 0.3) is 11.1 Å². The molecule has 3 aliphatic rings. The minimum absolute atomic E-state index is 0.0415. The van der Waals surface area contributed by atoms with Crippen molar-refractivity contribution < 1.29 is 4.79 Å². The van der Waals surface area contributed by atoms with Gasteiger partial charge in [-0.1, -0.05) is 0 Å². The molecule has 6 nitrogen and oxygen atoms in total. The molecule has 0 atom stereocenters. The van der Waals surface area contributed by atoms with Crippen molar-refractivity contribution in [2.45, 2.75) is 45.2 Å². The highest BCUT2D eigenvalue weighted by atomic mass is 16.1. The summed E-state index contributed by atoms with van der Waals surface area (Å²) in [7, 11) is 0. The van der Waals surface area contributed by atoms with E-state index in [-0.39, 0.29) is 5.91 Å². The summed E-state index contributed by atoms with van der Waals surface area (Å²) in [5.41, 5.74) is 5.02. The normalized spacial score (nSPS) is 18.1. The van der Waals surface area contributed by atoms with E-state index in [9.17, 15) is 4.79 Å². The third kappa shape index (κ3) is 4.32. The molecule has 2 aliphatic carbocycles. The van der Waals surface area contributed by atoms with Crippen LogP contribution in [0.3, 0.4) is 0 Å². The Labute approximate surface area is 177 Å². The number of aromatic nitrogens is 1. The van der Waals surface area contributed by atoms with Crippen molar-refractivity contribution in [1.29, 1.82) is 0 Å². The van der Waals surface area contributed by atoms with Gasteiger partial charge < -0.3 is 16.0 Å². The summed E-state index contributed by atoms with van der Waals surface area (Å²) in [6.07, 6.45) is 8.68. The Morgan fingerprint density at radius 1 is 1.20 bits per heavy atom. The van der Waals surface area contributed by atoms with Crippen LogP contribution in [0.2, 0.25) is 0 Å². The van der Waals surface area contributed by atoms with Crippen LogP contribution >= 0.6 is 0 Å².